The molecule has 1 saturated carbocycles. The van der Waals surface area contributed by atoms with E-state index in [0.29, 0.717) is 13.0 Å². The van der Waals surface area contributed by atoms with E-state index in [9.17, 15) is 9.59 Å². The second-order valence-corrected chi connectivity index (χ2v) is 8.88. The number of amides is 2. The molecule has 5 heteroatoms. The highest BCUT2D eigenvalue weighted by Crippen LogP contribution is 2.21. The molecule has 0 saturated heterocycles. The van der Waals surface area contributed by atoms with E-state index >= 15 is 0 Å². The molecule has 0 heterocycles. The summed E-state index contributed by atoms with van der Waals surface area (Å²) < 4.78 is 5.36. The number of hydrogen-bond donors (Lipinski definition) is 1. The second-order valence-electron chi connectivity index (χ2n) is 8.88. The standard InChI is InChI=1S/C27H36N2O3/c1-5-25(27(31)28-23-10-6-7-11-23)29(18-22-9-8-12-24(16-22)32-4)26(30)17-21-14-13-19(2)20(3)15-21/h8-9,12-16,23,25H,5-7,10-11,17-18H2,1-4H3,(H,28,31)/t25-/m0/s1. The Morgan fingerprint density at radius 2 is 1.81 bits per heavy atom. The summed E-state index contributed by atoms with van der Waals surface area (Å²) in [6.45, 7) is 6.47. The van der Waals surface area contributed by atoms with Crippen LogP contribution in [0.25, 0.3) is 0 Å². The zero-order chi connectivity index (χ0) is 23.1. The van der Waals surface area contributed by atoms with Gasteiger partial charge in [0.25, 0.3) is 0 Å². The van der Waals surface area contributed by atoms with Crippen LogP contribution in [0.2, 0.25) is 0 Å². The number of aryl methyl sites for hydroxylation is 2. The monoisotopic (exact) mass is 436 g/mol. The minimum Gasteiger partial charge on any atom is -0.497 e. The van der Waals surface area contributed by atoms with Gasteiger partial charge >= 0.3 is 0 Å². The Hall–Kier alpha value is -2.82. The molecule has 32 heavy (non-hydrogen) atoms. The lowest BCUT2D eigenvalue weighted by atomic mass is 10.0. The molecule has 0 spiro atoms. The van der Waals surface area contributed by atoms with Crippen LogP contribution in [-0.2, 0) is 22.6 Å². The molecule has 3 rings (SSSR count). The Kier molecular flexibility index (Phi) is 8.32. The molecule has 0 bridgehead atoms. The first-order chi connectivity index (χ1) is 15.4. The first-order valence-corrected chi connectivity index (χ1v) is 11.7. The zero-order valence-corrected chi connectivity index (χ0v) is 19.8. The maximum Gasteiger partial charge on any atom is 0.243 e. The summed E-state index contributed by atoms with van der Waals surface area (Å²) in [5.74, 6) is 0.660. The van der Waals surface area contributed by atoms with Crippen LogP contribution in [0.4, 0.5) is 0 Å². The van der Waals surface area contributed by atoms with Crippen molar-refractivity contribution in [1.29, 1.82) is 0 Å². The van der Waals surface area contributed by atoms with Gasteiger partial charge in [0, 0.05) is 12.6 Å². The summed E-state index contributed by atoms with van der Waals surface area (Å²) in [5.41, 5.74) is 4.29. The summed E-state index contributed by atoms with van der Waals surface area (Å²) >= 11 is 0. The molecule has 1 aliphatic carbocycles. The second kappa shape index (κ2) is 11.2. The third kappa shape index (κ3) is 6.12. The number of rotatable bonds is 9. The Bertz CT molecular complexity index is 934. The fraction of sp³-hybridized carbons (Fsp3) is 0.481. The van der Waals surface area contributed by atoms with Gasteiger partial charge < -0.3 is 15.0 Å². The van der Waals surface area contributed by atoms with Crippen molar-refractivity contribution in [2.75, 3.05) is 7.11 Å². The molecule has 2 aromatic carbocycles. The normalized spacial score (nSPS) is 14.8. The Morgan fingerprint density at radius 1 is 1.06 bits per heavy atom. The van der Waals surface area contributed by atoms with Crippen molar-refractivity contribution < 1.29 is 14.3 Å². The molecular formula is C27H36N2O3. The third-order valence-corrected chi connectivity index (χ3v) is 6.50. The molecule has 1 atom stereocenters. The number of carbonyl (C=O) groups excluding carboxylic acids is 2. The van der Waals surface area contributed by atoms with E-state index in [1.165, 1.54) is 11.1 Å². The molecule has 0 aromatic heterocycles. The van der Waals surface area contributed by atoms with Gasteiger partial charge in [0.1, 0.15) is 11.8 Å². The number of hydrogen-bond acceptors (Lipinski definition) is 3. The maximum atomic E-state index is 13.5. The molecule has 1 aliphatic rings. The highest BCUT2D eigenvalue weighted by atomic mass is 16.5. The fourth-order valence-corrected chi connectivity index (χ4v) is 4.44. The minimum atomic E-state index is -0.499. The lowest BCUT2D eigenvalue weighted by Crippen LogP contribution is -2.51. The Morgan fingerprint density at radius 3 is 2.47 bits per heavy atom. The number of methoxy groups -OCH3 is 1. The Labute approximate surface area is 192 Å². The van der Waals surface area contributed by atoms with Crippen molar-refractivity contribution in [3.63, 3.8) is 0 Å². The molecule has 172 valence electrons. The van der Waals surface area contributed by atoms with E-state index in [2.05, 4.69) is 31.3 Å². The SMILES string of the molecule is CC[C@@H](C(=O)NC1CCCC1)N(Cc1cccc(OC)c1)C(=O)Cc1ccc(C)c(C)c1. The van der Waals surface area contributed by atoms with Crippen molar-refractivity contribution in [2.24, 2.45) is 0 Å². The summed E-state index contributed by atoms with van der Waals surface area (Å²) in [6, 6.07) is 13.5. The molecule has 2 amide bonds. The van der Waals surface area contributed by atoms with Crippen LogP contribution >= 0.6 is 0 Å². The summed E-state index contributed by atoms with van der Waals surface area (Å²) in [5, 5.41) is 3.20. The van der Waals surface area contributed by atoms with E-state index in [0.717, 1.165) is 42.6 Å². The van der Waals surface area contributed by atoms with Gasteiger partial charge in [0.2, 0.25) is 11.8 Å². The van der Waals surface area contributed by atoms with Crippen LogP contribution < -0.4 is 10.1 Å². The van der Waals surface area contributed by atoms with E-state index in [-0.39, 0.29) is 24.3 Å². The molecule has 1 N–H and O–H groups in total. The molecule has 0 unspecified atom stereocenters. The highest BCUT2D eigenvalue weighted by molar-refractivity contribution is 5.88. The average molecular weight is 437 g/mol. The van der Waals surface area contributed by atoms with E-state index < -0.39 is 6.04 Å². The molecule has 1 fully saturated rings. The average Bonchev–Trinajstić information content (AvgIpc) is 3.29. The molecule has 2 aromatic rings. The van der Waals surface area contributed by atoms with Gasteiger partial charge in [-0.05, 0) is 67.5 Å². The topological polar surface area (TPSA) is 58.6 Å². The summed E-state index contributed by atoms with van der Waals surface area (Å²) in [7, 11) is 1.63. The largest absolute Gasteiger partial charge is 0.497 e. The maximum absolute atomic E-state index is 13.5. The van der Waals surface area contributed by atoms with E-state index in [1.54, 1.807) is 12.0 Å². The van der Waals surface area contributed by atoms with Crippen LogP contribution in [0.3, 0.4) is 0 Å². The van der Waals surface area contributed by atoms with Crippen molar-refractivity contribution in [1.82, 2.24) is 10.2 Å². The van der Waals surface area contributed by atoms with Crippen molar-refractivity contribution in [3.8, 4) is 5.75 Å². The number of benzene rings is 2. The third-order valence-electron chi connectivity index (χ3n) is 6.50. The van der Waals surface area contributed by atoms with Gasteiger partial charge in [0.05, 0.1) is 13.5 Å². The molecular weight excluding hydrogens is 400 g/mol. The molecule has 0 aliphatic heterocycles. The number of ether oxygens (including phenoxy) is 1. The van der Waals surface area contributed by atoms with Crippen molar-refractivity contribution in [3.05, 3.63) is 64.7 Å². The van der Waals surface area contributed by atoms with Crippen LogP contribution in [0.1, 0.15) is 61.3 Å². The zero-order valence-electron chi connectivity index (χ0n) is 19.8. The van der Waals surface area contributed by atoms with Crippen molar-refractivity contribution in [2.45, 2.75) is 77.9 Å². The Balaban J connectivity index is 1.84. The van der Waals surface area contributed by atoms with Gasteiger partial charge in [0.15, 0.2) is 0 Å². The number of nitrogens with one attached hydrogen (secondary N) is 1. The van der Waals surface area contributed by atoms with Crippen LogP contribution in [-0.4, -0.2) is 35.9 Å². The highest BCUT2D eigenvalue weighted by Gasteiger charge is 2.30. The van der Waals surface area contributed by atoms with E-state index in [4.69, 9.17) is 4.74 Å². The lowest BCUT2D eigenvalue weighted by molar-refractivity contribution is -0.141. The first kappa shape index (κ1) is 23.8. The molecule has 5 nitrogen and oxygen atoms in total. The van der Waals surface area contributed by atoms with Gasteiger partial charge in [-0.1, -0.05) is 50.1 Å². The van der Waals surface area contributed by atoms with E-state index in [1.807, 2.05) is 37.3 Å². The van der Waals surface area contributed by atoms with Crippen LogP contribution in [0.5, 0.6) is 5.75 Å². The number of nitrogens with zero attached hydrogens (tertiary/aromatic N) is 1. The number of carbonyl (C=O) groups is 2. The van der Waals surface area contributed by atoms with Gasteiger partial charge in [-0.25, -0.2) is 0 Å². The molecule has 0 radical (unpaired) electrons. The summed E-state index contributed by atoms with van der Waals surface area (Å²) in [6.07, 6.45) is 5.20. The van der Waals surface area contributed by atoms with Crippen LogP contribution in [0.15, 0.2) is 42.5 Å². The minimum absolute atomic E-state index is 0.0375. The lowest BCUT2D eigenvalue weighted by Gasteiger charge is -2.31. The summed E-state index contributed by atoms with van der Waals surface area (Å²) in [4.78, 5) is 28.5. The van der Waals surface area contributed by atoms with Gasteiger partial charge in [-0.15, -0.1) is 0 Å². The fourth-order valence-electron chi connectivity index (χ4n) is 4.44. The predicted octanol–water partition coefficient (Wildman–Crippen LogP) is 4.72. The first-order valence-electron chi connectivity index (χ1n) is 11.7. The predicted molar refractivity (Wildman–Crippen MR) is 128 cm³/mol. The van der Waals surface area contributed by atoms with Gasteiger partial charge in [-0.3, -0.25) is 9.59 Å². The quantitative estimate of drug-likeness (QED) is 0.619. The van der Waals surface area contributed by atoms with Gasteiger partial charge in [-0.2, -0.15) is 0 Å². The smallest absolute Gasteiger partial charge is 0.243 e. The van der Waals surface area contributed by atoms with Crippen molar-refractivity contribution >= 4 is 11.8 Å². The van der Waals surface area contributed by atoms with Crippen LogP contribution in [0, 0.1) is 13.8 Å².